The molecule has 0 atom stereocenters. The normalized spacial score (nSPS) is 11.1. The number of nitrogens with one attached hydrogen (secondary N) is 1. The Morgan fingerprint density at radius 3 is 2.67 bits per heavy atom. The molecule has 4 rings (SSSR count). The molecule has 0 fully saturated rings. The predicted molar refractivity (Wildman–Crippen MR) is 113 cm³/mol. The summed E-state index contributed by atoms with van der Waals surface area (Å²) in [6, 6.07) is 18.1. The first-order valence-electron chi connectivity index (χ1n) is 8.59. The molecule has 0 radical (unpaired) electrons. The molecule has 27 heavy (non-hydrogen) atoms. The number of amides is 1. The van der Waals surface area contributed by atoms with Crippen LogP contribution >= 0.6 is 22.9 Å². The summed E-state index contributed by atoms with van der Waals surface area (Å²) in [7, 11) is 1.66. The first kappa shape index (κ1) is 17.8. The van der Waals surface area contributed by atoms with E-state index in [4.69, 9.17) is 16.3 Å². The number of benzene rings is 3. The number of aryl methyl sites for hydroxylation is 1. The third-order valence-corrected chi connectivity index (χ3v) is 6.28. The largest absolute Gasteiger partial charge is 0.497 e. The van der Waals surface area contributed by atoms with E-state index in [0.717, 1.165) is 37.7 Å². The molecule has 0 saturated carbocycles. The summed E-state index contributed by atoms with van der Waals surface area (Å²) in [4.78, 5) is 13.2. The summed E-state index contributed by atoms with van der Waals surface area (Å²) in [5, 5.41) is 6.70. The van der Waals surface area contributed by atoms with E-state index in [9.17, 15) is 4.79 Å². The number of fused-ring (bicyclic) bond motifs is 2. The molecule has 1 aromatic heterocycles. The van der Waals surface area contributed by atoms with Crippen LogP contribution in [0.25, 0.3) is 20.9 Å². The minimum absolute atomic E-state index is 0.143. The molecule has 0 spiro atoms. The molecule has 5 heteroatoms. The zero-order chi connectivity index (χ0) is 19.0. The summed E-state index contributed by atoms with van der Waals surface area (Å²) < 4.78 is 6.29. The zero-order valence-corrected chi connectivity index (χ0v) is 16.6. The van der Waals surface area contributed by atoms with Crippen molar-refractivity contribution in [3.05, 3.63) is 75.6 Å². The van der Waals surface area contributed by atoms with Crippen LogP contribution in [0, 0.1) is 6.92 Å². The van der Waals surface area contributed by atoms with E-state index in [-0.39, 0.29) is 5.91 Å². The topological polar surface area (TPSA) is 38.3 Å². The van der Waals surface area contributed by atoms with Gasteiger partial charge in [-0.25, -0.2) is 0 Å². The minimum Gasteiger partial charge on any atom is -0.497 e. The minimum atomic E-state index is -0.143. The maximum Gasteiger partial charge on any atom is 0.263 e. The summed E-state index contributed by atoms with van der Waals surface area (Å²) in [6.45, 7) is 2.46. The van der Waals surface area contributed by atoms with Gasteiger partial charge in [0, 0.05) is 16.6 Å². The molecule has 0 aliphatic heterocycles. The van der Waals surface area contributed by atoms with E-state index in [1.165, 1.54) is 11.3 Å². The van der Waals surface area contributed by atoms with Crippen LogP contribution in [0.5, 0.6) is 5.75 Å². The van der Waals surface area contributed by atoms with E-state index < -0.39 is 0 Å². The third kappa shape index (κ3) is 3.38. The molecule has 136 valence electrons. The zero-order valence-electron chi connectivity index (χ0n) is 15.0. The van der Waals surface area contributed by atoms with Gasteiger partial charge in [0.05, 0.1) is 12.1 Å². The summed E-state index contributed by atoms with van der Waals surface area (Å²) >= 11 is 7.91. The Labute approximate surface area is 166 Å². The molecule has 3 nitrogen and oxygen atoms in total. The Bertz CT molecular complexity index is 1170. The molecule has 0 unspecified atom stereocenters. The number of methoxy groups -OCH3 is 1. The monoisotopic (exact) mass is 395 g/mol. The molecule has 0 bridgehead atoms. The Morgan fingerprint density at radius 1 is 1.11 bits per heavy atom. The van der Waals surface area contributed by atoms with Gasteiger partial charge in [0.15, 0.2) is 0 Å². The van der Waals surface area contributed by atoms with Gasteiger partial charge in [-0.2, -0.15) is 0 Å². The molecule has 3 aromatic carbocycles. The van der Waals surface area contributed by atoms with E-state index in [1.54, 1.807) is 7.11 Å². The highest BCUT2D eigenvalue weighted by molar-refractivity contribution is 7.21. The van der Waals surface area contributed by atoms with Gasteiger partial charge in [-0.05, 0) is 53.1 Å². The van der Waals surface area contributed by atoms with E-state index in [2.05, 4.69) is 11.4 Å². The lowest BCUT2D eigenvalue weighted by atomic mass is 10.1. The van der Waals surface area contributed by atoms with E-state index in [1.807, 2.05) is 55.5 Å². The van der Waals surface area contributed by atoms with Crippen molar-refractivity contribution in [3.8, 4) is 5.75 Å². The van der Waals surface area contributed by atoms with Crippen LogP contribution in [0.4, 0.5) is 0 Å². The highest BCUT2D eigenvalue weighted by Gasteiger charge is 2.18. The van der Waals surface area contributed by atoms with Crippen molar-refractivity contribution in [1.29, 1.82) is 0 Å². The lowest BCUT2D eigenvalue weighted by Gasteiger charge is -2.07. The second kappa shape index (κ2) is 7.22. The van der Waals surface area contributed by atoms with Crippen LogP contribution in [-0.2, 0) is 6.54 Å². The van der Waals surface area contributed by atoms with Crippen LogP contribution in [0.2, 0.25) is 5.02 Å². The first-order valence-corrected chi connectivity index (χ1v) is 9.79. The summed E-state index contributed by atoms with van der Waals surface area (Å²) in [5.41, 5.74) is 2.12. The standard InChI is InChI=1S/C22H18ClNO2S/c1-13-4-3-5-18-19(13)20(23)21(27-18)22(25)24-12-14-6-7-16-11-17(26-2)9-8-15(16)10-14/h3-11H,12H2,1-2H3,(H,24,25). The number of thiophene rings is 1. The molecule has 0 aliphatic carbocycles. The molecule has 1 amide bonds. The predicted octanol–water partition coefficient (Wildman–Crippen LogP) is 5.95. The maximum absolute atomic E-state index is 12.7. The highest BCUT2D eigenvalue weighted by atomic mass is 35.5. The van der Waals surface area contributed by atoms with Gasteiger partial charge in [-0.1, -0.05) is 41.9 Å². The Balaban J connectivity index is 1.55. The molecule has 0 saturated heterocycles. The number of hydrogen-bond donors (Lipinski definition) is 1. The highest BCUT2D eigenvalue weighted by Crippen LogP contribution is 2.37. The fourth-order valence-electron chi connectivity index (χ4n) is 3.19. The molecular formula is C22H18ClNO2S. The van der Waals surface area contributed by atoms with Crippen molar-refractivity contribution in [3.63, 3.8) is 0 Å². The molecule has 1 heterocycles. The van der Waals surface area contributed by atoms with Crippen molar-refractivity contribution in [2.24, 2.45) is 0 Å². The average Bonchev–Trinajstić information content (AvgIpc) is 3.03. The Kier molecular flexibility index (Phi) is 4.77. The van der Waals surface area contributed by atoms with Crippen molar-refractivity contribution in [2.45, 2.75) is 13.5 Å². The number of ether oxygens (including phenoxy) is 1. The summed E-state index contributed by atoms with van der Waals surface area (Å²) in [5.74, 6) is 0.689. The van der Waals surface area contributed by atoms with Gasteiger partial charge in [0.2, 0.25) is 0 Å². The number of hydrogen-bond acceptors (Lipinski definition) is 3. The second-order valence-corrected chi connectivity index (χ2v) is 7.85. The van der Waals surface area contributed by atoms with Crippen molar-refractivity contribution in [2.75, 3.05) is 7.11 Å². The van der Waals surface area contributed by atoms with Gasteiger partial charge < -0.3 is 10.1 Å². The van der Waals surface area contributed by atoms with Crippen molar-refractivity contribution in [1.82, 2.24) is 5.32 Å². The van der Waals surface area contributed by atoms with Crippen molar-refractivity contribution < 1.29 is 9.53 Å². The van der Waals surface area contributed by atoms with Crippen LogP contribution in [-0.4, -0.2) is 13.0 Å². The number of rotatable bonds is 4. The van der Waals surface area contributed by atoms with Gasteiger partial charge in [-0.3, -0.25) is 4.79 Å². The second-order valence-electron chi connectivity index (χ2n) is 6.42. The van der Waals surface area contributed by atoms with E-state index in [0.29, 0.717) is 16.4 Å². The van der Waals surface area contributed by atoms with Crippen LogP contribution in [0.1, 0.15) is 20.8 Å². The van der Waals surface area contributed by atoms with Gasteiger partial charge in [0.25, 0.3) is 5.91 Å². The van der Waals surface area contributed by atoms with Gasteiger partial charge in [-0.15, -0.1) is 11.3 Å². The van der Waals surface area contributed by atoms with Crippen molar-refractivity contribution >= 4 is 49.7 Å². The fraction of sp³-hybridized carbons (Fsp3) is 0.136. The lowest BCUT2D eigenvalue weighted by molar-refractivity contribution is 0.0955. The SMILES string of the molecule is COc1ccc2cc(CNC(=O)c3sc4cccc(C)c4c3Cl)ccc2c1. The number of carbonyl (C=O) groups is 1. The molecule has 0 aliphatic rings. The fourth-order valence-corrected chi connectivity index (χ4v) is 4.79. The number of carbonyl (C=O) groups excluding carboxylic acids is 1. The van der Waals surface area contributed by atoms with E-state index >= 15 is 0 Å². The molecule has 4 aromatic rings. The van der Waals surface area contributed by atoms with Gasteiger partial charge >= 0.3 is 0 Å². The average molecular weight is 396 g/mol. The number of halogens is 1. The maximum atomic E-state index is 12.7. The molecule has 1 N–H and O–H groups in total. The first-order chi connectivity index (χ1) is 13.1. The van der Waals surface area contributed by atoms with Crippen LogP contribution < -0.4 is 10.1 Å². The Hall–Kier alpha value is -2.56. The van der Waals surface area contributed by atoms with Crippen LogP contribution in [0.3, 0.4) is 0 Å². The molecular weight excluding hydrogens is 378 g/mol. The summed E-state index contributed by atoms with van der Waals surface area (Å²) in [6.07, 6.45) is 0. The Morgan fingerprint density at radius 2 is 1.89 bits per heavy atom. The van der Waals surface area contributed by atoms with Crippen LogP contribution in [0.15, 0.2) is 54.6 Å². The smallest absolute Gasteiger partial charge is 0.263 e. The lowest BCUT2D eigenvalue weighted by Crippen LogP contribution is -2.22. The third-order valence-electron chi connectivity index (χ3n) is 4.64. The quantitative estimate of drug-likeness (QED) is 0.463. The van der Waals surface area contributed by atoms with Gasteiger partial charge in [0.1, 0.15) is 10.6 Å².